The van der Waals surface area contributed by atoms with Gasteiger partial charge in [-0.2, -0.15) is 0 Å². The van der Waals surface area contributed by atoms with Crippen LogP contribution in [-0.4, -0.2) is 59.4 Å². The van der Waals surface area contributed by atoms with Crippen molar-refractivity contribution in [3.8, 4) is 5.75 Å². The number of piperazine rings is 1. The average Bonchev–Trinajstić information content (AvgIpc) is 2.77. The molecule has 2 amide bonds. The van der Waals surface area contributed by atoms with Gasteiger partial charge in [0.25, 0.3) is 0 Å². The van der Waals surface area contributed by atoms with E-state index in [-0.39, 0.29) is 30.9 Å². The number of amides is 2. The van der Waals surface area contributed by atoms with E-state index in [0.29, 0.717) is 6.54 Å². The maximum Gasteiger partial charge on any atom is 0.308 e. The van der Waals surface area contributed by atoms with E-state index < -0.39 is 23.5 Å². The second-order valence-electron chi connectivity index (χ2n) is 10.1. The second-order valence-corrected chi connectivity index (χ2v) is 10.1. The number of carbonyl (C=O) groups is 3. The third-order valence-corrected chi connectivity index (χ3v) is 6.67. The van der Waals surface area contributed by atoms with E-state index in [1.807, 2.05) is 45.0 Å². The number of ether oxygens (including phenoxy) is 2. The molecule has 182 valence electrons. The molecule has 0 unspecified atom stereocenters. The fraction of sp³-hybridized carbons (Fsp3) is 0.654. The number of hydrogen-bond acceptors (Lipinski definition) is 5. The van der Waals surface area contributed by atoms with Gasteiger partial charge in [0.05, 0.1) is 20.1 Å². The molecule has 2 atom stereocenters. The predicted octanol–water partition coefficient (Wildman–Crippen LogP) is 3.94. The van der Waals surface area contributed by atoms with Crippen molar-refractivity contribution in [1.82, 2.24) is 9.80 Å². The normalized spacial score (nSPS) is 22.5. The molecule has 2 fully saturated rings. The first-order valence-electron chi connectivity index (χ1n) is 12.1. The lowest BCUT2D eigenvalue weighted by Gasteiger charge is -2.52. The van der Waals surface area contributed by atoms with Gasteiger partial charge < -0.3 is 19.3 Å². The van der Waals surface area contributed by atoms with E-state index in [1.54, 1.807) is 23.8 Å². The van der Waals surface area contributed by atoms with Gasteiger partial charge in [-0.3, -0.25) is 14.4 Å². The molecule has 1 heterocycles. The fourth-order valence-corrected chi connectivity index (χ4v) is 5.16. The molecule has 0 spiro atoms. The molecule has 33 heavy (non-hydrogen) atoms. The summed E-state index contributed by atoms with van der Waals surface area (Å²) in [6, 6.07) is 6.07. The molecular formula is C26H38N2O5. The molecule has 1 saturated heterocycles. The minimum absolute atomic E-state index is 0.0115. The van der Waals surface area contributed by atoms with Crippen molar-refractivity contribution in [2.24, 2.45) is 5.41 Å². The summed E-state index contributed by atoms with van der Waals surface area (Å²) in [6.45, 7) is 8.28. The number of rotatable bonds is 7. The standard InChI is InChI=1S/C26H38N2O5/c1-6-33-22(29)16-21-24(30)27(17-18-12-14-20(32-5)15-13-18)23(26(2,3)4)25(31)28(21)19-10-8-7-9-11-19/h12-15,19,21,23H,6-11,16-17H2,1-5H3/t21-,23-/m1/s1. The van der Waals surface area contributed by atoms with E-state index >= 15 is 0 Å². The van der Waals surface area contributed by atoms with E-state index in [9.17, 15) is 14.4 Å². The summed E-state index contributed by atoms with van der Waals surface area (Å²) >= 11 is 0. The third kappa shape index (κ3) is 5.68. The van der Waals surface area contributed by atoms with Gasteiger partial charge >= 0.3 is 5.97 Å². The zero-order chi connectivity index (χ0) is 24.2. The van der Waals surface area contributed by atoms with Gasteiger partial charge in [-0.05, 0) is 42.9 Å². The van der Waals surface area contributed by atoms with E-state index in [4.69, 9.17) is 9.47 Å². The summed E-state index contributed by atoms with van der Waals surface area (Å²) < 4.78 is 10.4. The first-order valence-corrected chi connectivity index (χ1v) is 12.1. The summed E-state index contributed by atoms with van der Waals surface area (Å²) in [5, 5.41) is 0. The fourth-order valence-electron chi connectivity index (χ4n) is 5.16. The van der Waals surface area contributed by atoms with Crippen LogP contribution in [0.4, 0.5) is 0 Å². The van der Waals surface area contributed by atoms with Crippen molar-refractivity contribution < 1.29 is 23.9 Å². The van der Waals surface area contributed by atoms with Crippen molar-refractivity contribution in [2.45, 2.75) is 90.9 Å². The molecule has 7 heteroatoms. The molecule has 2 aliphatic rings. The maximum absolute atomic E-state index is 14.0. The monoisotopic (exact) mass is 458 g/mol. The van der Waals surface area contributed by atoms with Gasteiger partial charge in [-0.15, -0.1) is 0 Å². The minimum atomic E-state index is -0.823. The number of hydrogen-bond donors (Lipinski definition) is 0. The Morgan fingerprint density at radius 2 is 1.67 bits per heavy atom. The Labute approximate surface area is 197 Å². The highest BCUT2D eigenvalue weighted by Gasteiger charge is 2.52. The number of methoxy groups -OCH3 is 1. The first-order chi connectivity index (χ1) is 15.7. The summed E-state index contributed by atoms with van der Waals surface area (Å²) in [6.07, 6.45) is 4.84. The van der Waals surface area contributed by atoms with Crippen LogP contribution in [-0.2, 0) is 25.7 Å². The van der Waals surface area contributed by atoms with Crippen LogP contribution < -0.4 is 4.74 Å². The quantitative estimate of drug-likeness (QED) is 0.579. The predicted molar refractivity (Wildman–Crippen MR) is 126 cm³/mol. The van der Waals surface area contributed by atoms with Crippen LogP contribution in [0, 0.1) is 5.41 Å². The Morgan fingerprint density at radius 1 is 1.03 bits per heavy atom. The smallest absolute Gasteiger partial charge is 0.308 e. The third-order valence-electron chi connectivity index (χ3n) is 6.67. The van der Waals surface area contributed by atoms with Gasteiger partial charge in [0.15, 0.2) is 0 Å². The summed E-state index contributed by atoms with van der Waals surface area (Å²) in [7, 11) is 1.61. The molecule has 1 aliphatic carbocycles. The molecule has 3 rings (SSSR count). The van der Waals surface area contributed by atoms with Crippen molar-refractivity contribution >= 4 is 17.8 Å². The number of carbonyl (C=O) groups excluding carboxylic acids is 3. The lowest BCUT2D eigenvalue weighted by molar-refractivity contribution is -0.173. The molecular weight excluding hydrogens is 420 g/mol. The van der Waals surface area contributed by atoms with Gasteiger partial charge in [0, 0.05) is 12.6 Å². The van der Waals surface area contributed by atoms with E-state index in [1.165, 1.54) is 0 Å². The zero-order valence-corrected chi connectivity index (χ0v) is 20.6. The highest BCUT2D eigenvalue weighted by atomic mass is 16.5. The van der Waals surface area contributed by atoms with Gasteiger partial charge in [-0.1, -0.05) is 52.2 Å². The number of esters is 1. The molecule has 1 saturated carbocycles. The van der Waals surface area contributed by atoms with Crippen LogP contribution in [0.3, 0.4) is 0 Å². The molecule has 0 N–H and O–H groups in total. The van der Waals surface area contributed by atoms with Gasteiger partial charge in [0.1, 0.15) is 17.8 Å². The molecule has 0 bridgehead atoms. The van der Waals surface area contributed by atoms with E-state index in [2.05, 4.69) is 0 Å². The molecule has 1 aliphatic heterocycles. The van der Waals surface area contributed by atoms with Crippen molar-refractivity contribution in [3.63, 3.8) is 0 Å². The summed E-state index contributed by atoms with van der Waals surface area (Å²) in [5.41, 5.74) is 0.452. The van der Waals surface area contributed by atoms with Gasteiger partial charge in [0.2, 0.25) is 11.8 Å². The highest BCUT2D eigenvalue weighted by molar-refractivity contribution is 5.99. The van der Waals surface area contributed by atoms with Crippen LogP contribution in [0.25, 0.3) is 0 Å². The Kier molecular flexibility index (Phi) is 8.03. The van der Waals surface area contributed by atoms with Crippen LogP contribution in [0.2, 0.25) is 0 Å². The summed E-state index contributed by atoms with van der Waals surface area (Å²) in [4.78, 5) is 43.9. The molecule has 0 radical (unpaired) electrons. The van der Waals surface area contributed by atoms with Crippen LogP contribution in [0.15, 0.2) is 24.3 Å². The maximum atomic E-state index is 14.0. The van der Waals surface area contributed by atoms with Crippen LogP contribution in [0.5, 0.6) is 5.75 Å². The largest absolute Gasteiger partial charge is 0.497 e. The lowest BCUT2D eigenvalue weighted by atomic mass is 9.80. The molecule has 7 nitrogen and oxygen atoms in total. The Bertz CT molecular complexity index is 839. The van der Waals surface area contributed by atoms with Crippen molar-refractivity contribution in [2.75, 3.05) is 13.7 Å². The number of benzene rings is 1. The summed E-state index contributed by atoms with van der Waals surface area (Å²) in [5.74, 6) is 0.0553. The zero-order valence-electron chi connectivity index (χ0n) is 20.6. The van der Waals surface area contributed by atoms with Gasteiger partial charge in [-0.25, -0.2) is 0 Å². The second kappa shape index (κ2) is 10.6. The van der Waals surface area contributed by atoms with Crippen molar-refractivity contribution in [3.05, 3.63) is 29.8 Å². The Balaban J connectivity index is 1.99. The average molecular weight is 459 g/mol. The topological polar surface area (TPSA) is 76.1 Å². The van der Waals surface area contributed by atoms with Crippen LogP contribution in [0.1, 0.15) is 71.8 Å². The first kappa shape index (κ1) is 25.1. The molecule has 1 aromatic rings. The van der Waals surface area contributed by atoms with Crippen molar-refractivity contribution in [1.29, 1.82) is 0 Å². The Hall–Kier alpha value is -2.57. The SMILES string of the molecule is CCOC(=O)C[C@@H]1C(=O)N(Cc2ccc(OC)cc2)[C@@H](C(C)(C)C)C(=O)N1C1CCCCC1. The van der Waals surface area contributed by atoms with E-state index in [0.717, 1.165) is 43.4 Å². The molecule has 1 aromatic carbocycles. The van der Waals surface area contributed by atoms with Crippen LogP contribution >= 0.6 is 0 Å². The Morgan fingerprint density at radius 3 is 2.21 bits per heavy atom. The number of nitrogens with zero attached hydrogens (tertiary/aromatic N) is 2. The minimum Gasteiger partial charge on any atom is -0.497 e. The lowest BCUT2D eigenvalue weighted by Crippen LogP contribution is -2.69. The highest BCUT2D eigenvalue weighted by Crippen LogP contribution is 2.37. The molecule has 0 aromatic heterocycles.